The van der Waals surface area contributed by atoms with Crippen molar-refractivity contribution in [3.63, 3.8) is 0 Å². The molecule has 2 rings (SSSR count). The molecule has 3 N–H and O–H groups in total. The molecule has 9 heteroatoms. The summed E-state index contributed by atoms with van der Waals surface area (Å²) in [5.41, 5.74) is 6.04. The van der Waals surface area contributed by atoms with Crippen molar-refractivity contribution in [1.82, 2.24) is 10.2 Å². The number of aromatic nitrogens is 2. The summed E-state index contributed by atoms with van der Waals surface area (Å²) in [6.07, 6.45) is 0. The predicted molar refractivity (Wildman–Crippen MR) is 84.7 cm³/mol. The number of benzene rings is 1. The van der Waals surface area contributed by atoms with E-state index in [0.717, 1.165) is 0 Å². The van der Waals surface area contributed by atoms with Gasteiger partial charge in [0, 0.05) is 15.7 Å². The van der Waals surface area contributed by atoms with Crippen LogP contribution in [-0.2, 0) is 4.79 Å². The van der Waals surface area contributed by atoms with Crippen LogP contribution in [0.4, 0.5) is 10.8 Å². The number of nitrogens with two attached hydrogens (primary N) is 1. The minimum Gasteiger partial charge on any atom is -0.374 e. The predicted octanol–water partition coefficient (Wildman–Crippen LogP) is 3.55. The molecule has 1 amide bonds. The maximum atomic E-state index is 12.1. The lowest BCUT2D eigenvalue weighted by Gasteiger charge is -2.10. The van der Waals surface area contributed by atoms with Crippen molar-refractivity contribution in [3.05, 3.63) is 28.2 Å². The summed E-state index contributed by atoms with van der Waals surface area (Å²) in [5, 5.41) is 11.3. The molecule has 1 heterocycles. The third-order valence-electron chi connectivity index (χ3n) is 2.20. The van der Waals surface area contributed by atoms with E-state index in [2.05, 4.69) is 15.5 Å². The van der Waals surface area contributed by atoms with Gasteiger partial charge in [0.25, 0.3) is 0 Å². The lowest BCUT2D eigenvalue weighted by molar-refractivity contribution is -0.115. The van der Waals surface area contributed by atoms with Gasteiger partial charge in [0.1, 0.15) is 0 Å². The summed E-state index contributed by atoms with van der Waals surface area (Å²) in [4.78, 5) is 12.1. The molecule has 0 saturated heterocycles. The van der Waals surface area contributed by atoms with Gasteiger partial charge in [-0.3, -0.25) is 4.79 Å². The maximum Gasteiger partial charge on any atom is 0.237 e. The Morgan fingerprint density at radius 3 is 2.55 bits per heavy atom. The lowest BCUT2D eigenvalue weighted by Crippen LogP contribution is -2.22. The molecule has 0 unspecified atom stereocenters. The first-order chi connectivity index (χ1) is 9.44. The molecule has 5 nitrogen and oxygen atoms in total. The average Bonchev–Trinajstić information content (AvgIpc) is 2.73. The SMILES string of the molecule is C[C@H](Sc1nnc(N)s1)C(=O)Nc1cc(Cl)cc(Cl)c1. The van der Waals surface area contributed by atoms with Crippen LogP contribution < -0.4 is 11.1 Å². The smallest absolute Gasteiger partial charge is 0.237 e. The first-order valence-electron chi connectivity index (χ1n) is 5.46. The van der Waals surface area contributed by atoms with Crippen molar-refractivity contribution in [2.24, 2.45) is 0 Å². The summed E-state index contributed by atoms with van der Waals surface area (Å²) < 4.78 is 0.647. The van der Waals surface area contributed by atoms with Crippen molar-refractivity contribution in [1.29, 1.82) is 0 Å². The van der Waals surface area contributed by atoms with Crippen LogP contribution in [0.5, 0.6) is 0 Å². The summed E-state index contributed by atoms with van der Waals surface area (Å²) in [6, 6.07) is 4.86. The number of nitrogens with one attached hydrogen (secondary N) is 1. The molecule has 20 heavy (non-hydrogen) atoms. The minimum atomic E-state index is -0.347. The quantitative estimate of drug-likeness (QED) is 0.825. The number of carbonyl (C=O) groups is 1. The van der Waals surface area contributed by atoms with Crippen LogP contribution in [-0.4, -0.2) is 21.4 Å². The van der Waals surface area contributed by atoms with Crippen LogP contribution in [0.25, 0.3) is 0 Å². The van der Waals surface area contributed by atoms with Gasteiger partial charge in [0.05, 0.1) is 5.25 Å². The molecule has 0 aliphatic rings. The first-order valence-corrected chi connectivity index (χ1v) is 7.92. The van der Waals surface area contributed by atoms with Crippen molar-refractivity contribution < 1.29 is 4.79 Å². The maximum absolute atomic E-state index is 12.1. The molecular formula is C11H10Cl2N4OS2. The van der Waals surface area contributed by atoms with Crippen molar-refractivity contribution in [2.45, 2.75) is 16.5 Å². The highest BCUT2D eigenvalue weighted by molar-refractivity contribution is 8.02. The van der Waals surface area contributed by atoms with Gasteiger partial charge >= 0.3 is 0 Å². The van der Waals surface area contributed by atoms with Gasteiger partial charge in [-0.1, -0.05) is 46.3 Å². The number of carbonyl (C=O) groups excluding carboxylic acids is 1. The Balaban J connectivity index is 2.00. The number of amides is 1. The van der Waals surface area contributed by atoms with E-state index < -0.39 is 0 Å². The van der Waals surface area contributed by atoms with Gasteiger partial charge in [0.2, 0.25) is 11.0 Å². The number of nitrogen functional groups attached to an aromatic ring is 1. The number of hydrogen-bond donors (Lipinski definition) is 2. The Bertz CT molecular complexity index is 614. The Kier molecular flexibility index (Phi) is 5.09. The molecule has 1 aromatic carbocycles. The Labute approximate surface area is 133 Å². The van der Waals surface area contributed by atoms with Gasteiger partial charge in [-0.15, -0.1) is 10.2 Å². The zero-order chi connectivity index (χ0) is 14.7. The molecule has 2 aromatic rings. The topological polar surface area (TPSA) is 80.9 Å². The zero-order valence-electron chi connectivity index (χ0n) is 10.3. The standard InChI is InChI=1S/C11H10Cl2N4OS2/c1-5(19-11-17-16-10(14)20-11)9(18)15-8-3-6(12)2-7(13)4-8/h2-5H,1H3,(H2,14,16)(H,15,18)/t5-/m0/s1. The number of nitrogens with zero attached hydrogens (tertiary/aromatic N) is 2. The Morgan fingerprint density at radius 1 is 1.35 bits per heavy atom. The van der Waals surface area contributed by atoms with E-state index in [1.54, 1.807) is 25.1 Å². The van der Waals surface area contributed by atoms with E-state index >= 15 is 0 Å². The molecule has 0 saturated carbocycles. The Morgan fingerprint density at radius 2 is 2.00 bits per heavy atom. The summed E-state index contributed by atoms with van der Waals surface area (Å²) >= 11 is 14.3. The van der Waals surface area contributed by atoms with Gasteiger partial charge < -0.3 is 11.1 Å². The van der Waals surface area contributed by atoms with E-state index in [1.807, 2.05) is 0 Å². The second kappa shape index (κ2) is 6.62. The molecule has 0 radical (unpaired) electrons. The minimum absolute atomic E-state index is 0.179. The third kappa shape index (κ3) is 4.24. The summed E-state index contributed by atoms with van der Waals surface area (Å²) in [7, 11) is 0. The third-order valence-corrected chi connectivity index (χ3v) is 4.57. The molecule has 0 fully saturated rings. The van der Waals surface area contributed by atoms with Crippen LogP contribution in [0.2, 0.25) is 10.0 Å². The van der Waals surface area contributed by atoms with Gasteiger partial charge in [-0.05, 0) is 25.1 Å². The summed E-state index contributed by atoms with van der Waals surface area (Å²) in [6.45, 7) is 1.77. The van der Waals surface area contributed by atoms with Crippen molar-refractivity contribution in [3.8, 4) is 0 Å². The second-order valence-corrected chi connectivity index (χ2v) is 7.28. The fraction of sp³-hybridized carbons (Fsp3) is 0.182. The highest BCUT2D eigenvalue weighted by Crippen LogP contribution is 2.28. The van der Waals surface area contributed by atoms with Crippen LogP contribution in [0, 0.1) is 0 Å². The fourth-order valence-corrected chi connectivity index (χ4v) is 3.65. The molecule has 1 atom stereocenters. The average molecular weight is 349 g/mol. The Hall–Kier alpha value is -1.02. The molecular weight excluding hydrogens is 339 g/mol. The van der Waals surface area contributed by atoms with E-state index in [-0.39, 0.29) is 11.2 Å². The van der Waals surface area contributed by atoms with Crippen LogP contribution in [0.1, 0.15) is 6.92 Å². The van der Waals surface area contributed by atoms with Gasteiger partial charge in [0.15, 0.2) is 4.34 Å². The number of halogens is 2. The van der Waals surface area contributed by atoms with E-state index in [1.165, 1.54) is 23.1 Å². The monoisotopic (exact) mass is 348 g/mol. The number of anilines is 2. The van der Waals surface area contributed by atoms with Crippen molar-refractivity contribution in [2.75, 3.05) is 11.1 Å². The van der Waals surface area contributed by atoms with Gasteiger partial charge in [-0.25, -0.2) is 0 Å². The molecule has 0 bridgehead atoms. The molecule has 0 aliphatic heterocycles. The molecule has 1 aromatic heterocycles. The first kappa shape index (κ1) is 15.4. The van der Waals surface area contributed by atoms with Crippen molar-refractivity contribution >= 4 is 63.0 Å². The largest absolute Gasteiger partial charge is 0.374 e. The van der Waals surface area contributed by atoms with Crippen LogP contribution in [0.3, 0.4) is 0 Å². The lowest BCUT2D eigenvalue weighted by atomic mass is 10.3. The van der Waals surface area contributed by atoms with Crippen LogP contribution >= 0.6 is 46.3 Å². The molecule has 0 spiro atoms. The highest BCUT2D eigenvalue weighted by Gasteiger charge is 2.17. The van der Waals surface area contributed by atoms with E-state index in [0.29, 0.717) is 25.2 Å². The summed E-state index contributed by atoms with van der Waals surface area (Å²) in [5.74, 6) is -0.179. The number of rotatable bonds is 4. The second-order valence-electron chi connectivity index (χ2n) is 3.81. The number of thioether (sulfide) groups is 1. The molecule has 0 aliphatic carbocycles. The van der Waals surface area contributed by atoms with Gasteiger partial charge in [-0.2, -0.15) is 0 Å². The molecule has 106 valence electrons. The zero-order valence-corrected chi connectivity index (χ0v) is 13.4. The van der Waals surface area contributed by atoms with E-state index in [4.69, 9.17) is 28.9 Å². The highest BCUT2D eigenvalue weighted by atomic mass is 35.5. The van der Waals surface area contributed by atoms with Crippen LogP contribution in [0.15, 0.2) is 22.5 Å². The van der Waals surface area contributed by atoms with E-state index in [9.17, 15) is 4.79 Å². The fourth-order valence-electron chi connectivity index (χ4n) is 1.34. The normalized spacial score (nSPS) is 12.2. The number of hydrogen-bond acceptors (Lipinski definition) is 6.